The number of hydrogen-bond acceptors (Lipinski definition) is 2. The van der Waals surface area contributed by atoms with Gasteiger partial charge in [-0.05, 0) is 21.1 Å². The molecule has 0 fully saturated rings. The van der Waals surface area contributed by atoms with Crippen molar-refractivity contribution in [1.29, 1.82) is 0 Å². The lowest BCUT2D eigenvalue weighted by Crippen LogP contribution is -1.99. The number of nitrogens with zero attached hydrogens (tertiary/aromatic N) is 1. The summed E-state index contributed by atoms with van der Waals surface area (Å²) in [7, 11) is 6.00. The molecule has 0 aliphatic rings. The summed E-state index contributed by atoms with van der Waals surface area (Å²) in [5.41, 5.74) is 0. The van der Waals surface area contributed by atoms with Gasteiger partial charge in [-0.15, -0.1) is 0 Å². The second-order valence-corrected chi connectivity index (χ2v) is 1.34. The average molecular weight is 88.1 g/mol. The molecule has 2 nitrogen and oxygen atoms in total. The Labute approximate surface area is 38.8 Å². The van der Waals surface area contributed by atoms with E-state index in [1.54, 1.807) is 0 Å². The molecule has 0 aromatic heterocycles. The Kier molecular flexibility index (Phi) is 13.5. The van der Waals surface area contributed by atoms with Crippen LogP contribution in [0.15, 0.2) is 0 Å². The largest absolute Gasteiger partial charge is 0.312 e. The summed E-state index contributed by atoms with van der Waals surface area (Å²) >= 11 is 0. The van der Waals surface area contributed by atoms with E-state index in [0.717, 1.165) is 0 Å². The Morgan fingerprint density at radius 1 is 1.17 bits per heavy atom. The predicted molar refractivity (Wildman–Crippen MR) is 26.4 cm³/mol. The van der Waals surface area contributed by atoms with Gasteiger partial charge in [0.1, 0.15) is 0 Å². The van der Waals surface area contributed by atoms with Gasteiger partial charge < -0.3 is 4.90 Å². The lowest BCUT2D eigenvalue weighted by molar-refractivity contribution is 0.505. The molecule has 0 N–H and O–H groups in total. The molecule has 2 heteroatoms. The molecule has 0 amide bonds. The highest BCUT2D eigenvalue weighted by Crippen LogP contribution is 1.47. The third-order valence-corrected chi connectivity index (χ3v) is 0. The van der Waals surface area contributed by atoms with Crippen LogP contribution in [0.1, 0.15) is 0 Å². The van der Waals surface area contributed by atoms with E-state index in [2.05, 4.69) is 6.79 Å². The molecule has 37 valence electrons. The van der Waals surface area contributed by atoms with E-state index in [1.165, 1.54) is 0 Å². The summed E-state index contributed by atoms with van der Waals surface area (Å²) in [6.45, 7) is 3.25. The maximum Gasteiger partial charge on any atom is 0.182 e. The maximum atomic E-state index is 7.75. The van der Waals surface area contributed by atoms with E-state index in [0.29, 0.717) is 0 Å². The van der Waals surface area contributed by atoms with Crippen LogP contribution in [0.4, 0.5) is 0 Å². The van der Waals surface area contributed by atoms with E-state index < -0.39 is 0 Å². The van der Waals surface area contributed by atoms with Crippen molar-refractivity contribution in [2.45, 2.75) is 0 Å². The van der Waals surface area contributed by atoms with Gasteiger partial charge in [-0.2, -0.15) is 0 Å². The molecule has 0 saturated carbocycles. The van der Waals surface area contributed by atoms with E-state index >= 15 is 0 Å². The van der Waals surface area contributed by atoms with Gasteiger partial charge >= 0.3 is 0 Å². The van der Waals surface area contributed by atoms with Gasteiger partial charge in [0.2, 0.25) is 0 Å². The third-order valence-electron chi connectivity index (χ3n) is 0. The summed E-state index contributed by atoms with van der Waals surface area (Å²) in [4.78, 5) is 9.75. The molecule has 0 spiro atoms. The topological polar surface area (TPSA) is 20.3 Å². The molecule has 0 rings (SSSR count). The normalized spacial score (nSPS) is 6.67. The number of carbonyl (C=O) groups excluding carboxylic acids is 1. The number of hydrogen-bond donors (Lipinski definition) is 0. The highest BCUT2D eigenvalue weighted by molar-refractivity contribution is 5.12. The van der Waals surface area contributed by atoms with Gasteiger partial charge in [-0.3, -0.25) is 4.79 Å². The molecule has 0 atom stereocenters. The zero-order valence-corrected chi connectivity index (χ0v) is 4.43. The Bertz CT molecular complexity index is 18.8. The van der Waals surface area contributed by atoms with Crippen LogP contribution in [0.3, 0.4) is 0 Å². The molecule has 0 aromatic carbocycles. The zero-order valence-electron chi connectivity index (χ0n) is 4.43. The molecular formula is C4H10NO. The van der Waals surface area contributed by atoms with Crippen LogP contribution in [-0.2, 0) is 4.79 Å². The van der Waals surface area contributed by atoms with Gasteiger partial charge in [0.25, 0.3) is 0 Å². The van der Waals surface area contributed by atoms with Crippen molar-refractivity contribution >= 4 is 6.79 Å². The third kappa shape index (κ3) is 183. The number of rotatable bonds is 0. The summed E-state index contributed by atoms with van der Waals surface area (Å²) in [5.74, 6) is 0. The highest BCUT2D eigenvalue weighted by Gasteiger charge is 1.58. The smallest absolute Gasteiger partial charge is 0.182 e. The fraction of sp³-hybridized carbons (Fsp3) is 0.750. The van der Waals surface area contributed by atoms with Crippen molar-refractivity contribution < 1.29 is 4.79 Å². The summed E-state index contributed by atoms with van der Waals surface area (Å²) in [6, 6.07) is 0. The molecule has 0 heterocycles. The molecule has 0 bridgehead atoms. The van der Waals surface area contributed by atoms with Crippen LogP contribution < -0.4 is 0 Å². The quantitative estimate of drug-likeness (QED) is 0.385. The van der Waals surface area contributed by atoms with Crippen LogP contribution in [0.5, 0.6) is 0 Å². The van der Waals surface area contributed by atoms with E-state index in [1.807, 2.05) is 26.0 Å². The fourth-order valence-corrected chi connectivity index (χ4v) is 0. The van der Waals surface area contributed by atoms with Gasteiger partial charge in [-0.25, -0.2) is 0 Å². The Hall–Kier alpha value is -0.370. The Morgan fingerprint density at radius 2 is 1.17 bits per heavy atom. The highest BCUT2D eigenvalue weighted by atomic mass is 16.1. The van der Waals surface area contributed by atoms with Crippen molar-refractivity contribution in [1.82, 2.24) is 4.90 Å². The molecule has 6 heavy (non-hydrogen) atoms. The van der Waals surface area contributed by atoms with Crippen LogP contribution in [-0.4, -0.2) is 32.8 Å². The predicted octanol–water partition coefficient (Wildman–Crippen LogP) is -0.0963. The van der Waals surface area contributed by atoms with Crippen LogP contribution in [0.25, 0.3) is 0 Å². The first-order valence-corrected chi connectivity index (χ1v) is 1.58. The first kappa shape index (κ1) is 9.16. The maximum absolute atomic E-state index is 7.75. The van der Waals surface area contributed by atoms with Crippen molar-refractivity contribution in [3.63, 3.8) is 0 Å². The van der Waals surface area contributed by atoms with E-state index in [-0.39, 0.29) is 0 Å². The standard InChI is InChI=1S/C3H9N.CHO/c1-4(2)3;1-2/h1-3H3;1H. The first-order chi connectivity index (χ1) is 2.73. The minimum Gasteiger partial charge on any atom is -0.312 e. The van der Waals surface area contributed by atoms with Gasteiger partial charge in [0, 0.05) is 0 Å². The zero-order chi connectivity index (χ0) is 5.58. The fourth-order valence-electron chi connectivity index (χ4n) is 0. The minimum atomic E-state index is 2.00. The molecule has 0 unspecified atom stereocenters. The molecule has 0 aliphatic carbocycles. The SMILES string of the molecule is CN(C)C.[CH]=O. The lowest BCUT2D eigenvalue weighted by atomic mass is 11.0. The van der Waals surface area contributed by atoms with Crippen molar-refractivity contribution in [2.24, 2.45) is 0 Å². The monoisotopic (exact) mass is 88.1 g/mol. The molecule has 1 radical (unpaired) electrons. The lowest BCUT2D eigenvalue weighted by Gasteiger charge is -1.90. The Balaban J connectivity index is 0. The second kappa shape index (κ2) is 8.82. The van der Waals surface area contributed by atoms with Crippen LogP contribution in [0, 0.1) is 0 Å². The van der Waals surface area contributed by atoms with Gasteiger partial charge in [0.05, 0.1) is 0 Å². The average Bonchev–Trinajstić information content (AvgIpc) is 1.41. The molecule has 0 aromatic rings. The molecule has 0 aliphatic heterocycles. The first-order valence-electron chi connectivity index (χ1n) is 1.58. The second-order valence-electron chi connectivity index (χ2n) is 1.34. The summed E-state index contributed by atoms with van der Waals surface area (Å²) < 4.78 is 0. The minimum absolute atomic E-state index is 2.00. The van der Waals surface area contributed by atoms with Crippen LogP contribution >= 0.6 is 0 Å². The van der Waals surface area contributed by atoms with E-state index in [4.69, 9.17) is 4.79 Å². The van der Waals surface area contributed by atoms with Crippen LogP contribution in [0.2, 0.25) is 0 Å². The summed E-state index contributed by atoms with van der Waals surface area (Å²) in [6.07, 6.45) is 0. The molecule has 0 saturated heterocycles. The van der Waals surface area contributed by atoms with Gasteiger partial charge in [0.15, 0.2) is 6.79 Å². The summed E-state index contributed by atoms with van der Waals surface area (Å²) in [5, 5.41) is 0. The van der Waals surface area contributed by atoms with Crippen molar-refractivity contribution in [3.8, 4) is 0 Å². The van der Waals surface area contributed by atoms with Crippen molar-refractivity contribution in [3.05, 3.63) is 0 Å². The van der Waals surface area contributed by atoms with E-state index in [9.17, 15) is 0 Å². The Morgan fingerprint density at radius 3 is 1.17 bits per heavy atom. The van der Waals surface area contributed by atoms with Gasteiger partial charge in [-0.1, -0.05) is 0 Å². The molecular weight excluding hydrogens is 78.0 g/mol. The van der Waals surface area contributed by atoms with Crippen molar-refractivity contribution in [2.75, 3.05) is 21.1 Å².